The van der Waals surface area contributed by atoms with Gasteiger partial charge in [-0.15, -0.1) is 11.3 Å². The number of rotatable bonds is 7. The molecule has 0 aliphatic carbocycles. The molecule has 0 radical (unpaired) electrons. The van der Waals surface area contributed by atoms with Crippen molar-refractivity contribution in [2.24, 2.45) is 0 Å². The van der Waals surface area contributed by atoms with E-state index in [4.69, 9.17) is 16.6 Å². The average Bonchev–Trinajstić information content (AvgIpc) is 2.81. The third kappa shape index (κ3) is 3.78. The van der Waals surface area contributed by atoms with E-state index < -0.39 is 0 Å². The Morgan fingerprint density at radius 1 is 1.40 bits per heavy atom. The van der Waals surface area contributed by atoms with E-state index in [1.54, 1.807) is 11.3 Å². The largest absolute Gasteiger partial charge is 0.438 e. The predicted octanol–water partition coefficient (Wildman–Crippen LogP) is 5.96. The zero-order valence-corrected chi connectivity index (χ0v) is 15.7. The zero-order valence-electron chi connectivity index (χ0n) is 11.6. The first-order chi connectivity index (χ1) is 9.67. The summed E-state index contributed by atoms with van der Waals surface area (Å²) in [5.41, 5.74) is 0.872. The van der Waals surface area contributed by atoms with Gasteiger partial charge in [-0.2, -0.15) is 11.8 Å². The normalized spacial score (nSPS) is 11.2. The number of anilines is 1. The maximum atomic E-state index is 6.04. The van der Waals surface area contributed by atoms with Crippen LogP contribution in [-0.4, -0.2) is 24.6 Å². The molecule has 0 saturated carbocycles. The Morgan fingerprint density at radius 2 is 2.20 bits per heavy atom. The highest BCUT2D eigenvalue weighted by molar-refractivity contribution is 9.10. The summed E-state index contributed by atoms with van der Waals surface area (Å²) in [7, 11) is 0. The van der Waals surface area contributed by atoms with Gasteiger partial charge in [-0.1, -0.05) is 19.1 Å². The molecule has 2 rings (SSSR count). The van der Waals surface area contributed by atoms with Crippen molar-refractivity contribution in [2.75, 3.05) is 29.5 Å². The molecule has 0 unspecified atom stereocenters. The van der Waals surface area contributed by atoms with Crippen molar-refractivity contribution in [1.82, 2.24) is 0 Å². The summed E-state index contributed by atoms with van der Waals surface area (Å²) in [6, 6.07) is 1.98. The summed E-state index contributed by atoms with van der Waals surface area (Å²) in [6.07, 6.45) is 1.23. The second-order valence-electron chi connectivity index (χ2n) is 4.38. The third-order valence-corrected chi connectivity index (χ3v) is 6.44. The van der Waals surface area contributed by atoms with Crippen molar-refractivity contribution < 1.29 is 4.42 Å². The van der Waals surface area contributed by atoms with Crippen molar-refractivity contribution in [3.63, 3.8) is 0 Å². The van der Waals surface area contributed by atoms with Crippen molar-refractivity contribution in [3.05, 3.63) is 20.4 Å². The Labute approximate surface area is 141 Å². The second-order valence-corrected chi connectivity index (χ2v) is 7.78. The fourth-order valence-electron chi connectivity index (χ4n) is 1.90. The number of thiophene rings is 1. The monoisotopic (exact) mass is 391 g/mol. The maximum Gasteiger partial charge on any atom is 0.197 e. The topological polar surface area (TPSA) is 16.4 Å². The minimum Gasteiger partial charge on any atom is -0.438 e. The smallest absolute Gasteiger partial charge is 0.197 e. The van der Waals surface area contributed by atoms with E-state index in [2.05, 4.69) is 34.7 Å². The standard InChI is InChI=1S/C14H18BrNOS3/c1-3-6-19-7-5-16(4-2)12-8-11(18)14-13(17-12)10(15)9-20-14/h8-9H,3-7H2,1-2H3. The fraction of sp³-hybridized carbons (Fsp3) is 0.500. The Bertz CT molecular complexity index is 622. The lowest BCUT2D eigenvalue weighted by molar-refractivity contribution is 0.579. The summed E-state index contributed by atoms with van der Waals surface area (Å²) in [6.45, 7) is 6.28. The third-order valence-electron chi connectivity index (χ3n) is 2.94. The molecule has 6 heteroatoms. The van der Waals surface area contributed by atoms with Gasteiger partial charge in [0.2, 0.25) is 0 Å². The summed E-state index contributed by atoms with van der Waals surface area (Å²) in [5, 5.41) is 2.03. The van der Waals surface area contributed by atoms with Gasteiger partial charge in [0, 0.05) is 30.3 Å². The van der Waals surface area contributed by atoms with E-state index in [9.17, 15) is 0 Å². The molecule has 0 aliphatic rings. The minimum atomic E-state index is 0.872. The van der Waals surface area contributed by atoms with E-state index in [1.165, 1.54) is 12.2 Å². The van der Waals surface area contributed by atoms with Crippen molar-refractivity contribution >= 4 is 67.4 Å². The van der Waals surface area contributed by atoms with Gasteiger partial charge in [-0.05, 0) is 35.0 Å². The molecule has 0 spiro atoms. The molecular formula is C14H18BrNOS3. The molecule has 0 N–H and O–H groups in total. The Hall–Kier alpha value is -0.0400. The summed E-state index contributed by atoms with van der Waals surface area (Å²) < 4.78 is 8.94. The number of hydrogen-bond donors (Lipinski definition) is 0. The predicted molar refractivity (Wildman–Crippen MR) is 98.1 cm³/mol. The summed E-state index contributed by atoms with van der Waals surface area (Å²) in [5.74, 6) is 3.21. The molecule has 0 amide bonds. The Balaban J connectivity index is 2.21. The van der Waals surface area contributed by atoms with Crippen LogP contribution < -0.4 is 4.90 Å². The molecule has 0 saturated heterocycles. The highest BCUT2D eigenvalue weighted by atomic mass is 79.9. The van der Waals surface area contributed by atoms with Gasteiger partial charge >= 0.3 is 0 Å². The summed E-state index contributed by atoms with van der Waals surface area (Å²) >= 11 is 12.6. The maximum absolute atomic E-state index is 6.04. The first-order valence-electron chi connectivity index (χ1n) is 6.70. The van der Waals surface area contributed by atoms with Gasteiger partial charge in [0.05, 0.1) is 13.7 Å². The molecule has 0 fully saturated rings. The fourth-order valence-corrected chi connectivity index (χ4v) is 4.54. The van der Waals surface area contributed by atoms with E-state index in [1.807, 2.05) is 23.2 Å². The van der Waals surface area contributed by atoms with Crippen LogP contribution in [0, 0.1) is 4.51 Å². The van der Waals surface area contributed by atoms with Gasteiger partial charge in [0.15, 0.2) is 11.5 Å². The van der Waals surface area contributed by atoms with Crippen LogP contribution in [0.3, 0.4) is 0 Å². The molecule has 0 atom stereocenters. The average molecular weight is 392 g/mol. The van der Waals surface area contributed by atoms with Crippen molar-refractivity contribution in [3.8, 4) is 0 Å². The van der Waals surface area contributed by atoms with E-state index >= 15 is 0 Å². The van der Waals surface area contributed by atoms with Gasteiger partial charge in [0.25, 0.3) is 0 Å². The quantitative estimate of drug-likeness (QED) is 0.427. The number of fused-ring (bicyclic) bond motifs is 1. The van der Waals surface area contributed by atoms with Crippen LogP contribution in [0.4, 0.5) is 5.88 Å². The molecule has 2 aromatic rings. The van der Waals surface area contributed by atoms with Crippen LogP contribution in [0.15, 0.2) is 20.3 Å². The number of hydrogen-bond acceptors (Lipinski definition) is 5. The molecular weight excluding hydrogens is 374 g/mol. The minimum absolute atomic E-state index is 0.872. The second kappa shape index (κ2) is 7.82. The van der Waals surface area contributed by atoms with Crippen LogP contribution in [0.25, 0.3) is 10.3 Å². The molecule has 0 bridgehead atoms. The van der Waals surface area contributed by atoms with E-state index in [0.29, 0.717) is 0 Å². The van der Waals surface area contributed by atoms with Crippen LogP contribution in [0.1, 0.15) is 20.3 Å². The lowest BCUT2D eigenvalue weighted by atomic mass is 10.4. The zero-order chi connectivity index (χ0) is 14.5. The van der Waals surface area contributed by atoms with Gasteiger partial charge in [-0.25, -0.2) is 0 Å². The van der Waals surface area contributed by atoms with Crippen LogP contribution in [0.5, 0.6) is 0 Å². The molecule has 0 aromatic carbocycles. The van der Waals surface area contributed by atoms with Gasteiger partial charge < -0.3 is 9.32 Å². The number of halogens is 1. The van der Waals surface area contributed by atoms with Gasteiger partial charge in [0.1, 0.15) is 0 Å². The Morgan fingerprint density at radius 3 is 2.90 bits per heavy atom. The molecule has 2 heterocycles. The molecule has 2 aromatic heterocycles. The molecule has 110 valence electrons. The Kier molecular flexibility index (Phi) is 6.39. The van der Waals surface area contributed by atoms with Crippen LogP contribution >= 0.6 is 51.2 Å². The van der Waals surface area contributed by atoms with Crippen LogP contribution in [-0.2, 0) is 0 Å². The first kappa shape index (κ1) is 16.3. The molecule has 0 aliphatic heterocycles. The van der Waals surface area contributed by atoms with Crippen molar-refractivity contribution in [2.45, 2.75) is 20.3 Å². The lowest BCUT2D eigenvalue weighted by Gasteiger charge is -2.21. The van der Waals surface area contributed by atoms with E-state index in [0.717, 1.165) is 44.0 Å². The summed E-state index contributed by atoms with van der Waals surface area (Å²) in [4.78, 5) is 2.25. The van der Waals surface area contributed by atoms with E-state index in [-0.39, 0.29) is 0 Å². The lowest BCUT2D eigenvalue weighted by Crippen LogP contribution is -2.25. The number of thioether (sulfide) groups is 1. The van der Waals surface area contributed by atoms with Crippen molar-refractivity contribution in [1.29, 1.82) is 0 Å². The SMILES string of the molecule is CCCSCCN(CC)c1cc(=S)c2scc(Br)c2o1. The highest BCUT2D eigenvalue weighted by Gasteiger charge is 2.12. The first-order valence-corrected chi connectivity index (χ1v) is 9.94. The molecule has 2 nitrogen and oxygen atoms in total. The van der Waals surface area contributed by atoms with Gasteiger partial charge in [-0.3, -0.25) is 0 Å². The van der Waals surface area contributed by atoms with Crippen LogP contribution in [0.2, 0.25) is 0 Å². The molecule has 20 heavy (non-hydrogen) atoms. The highest BCUT2D eigenvalue weighted by Crippen LogP contribution is 2.34. The number of nitrogens with zero attached hydrogens (tertiary/aromatic N) is 1.